The summed E-state index contributed by atoms with van der Waals surface area (Å²) in [6.45, 7) is 1.96. The number of rotatable bonds is 6. The van der Waals surface area contributed by atoms with E-state index in [1.54, 1.807) is 12.1 Å². The minimum atomic E-state index is -3.33. The first-order chi connectivity index (χ1) is 12.0. The van der Waals surface area contributed by atoms with Gasteiger partial charge in [0.15, 0.2) is 0 Å². The summed E-state index contributed by atoms with van der Waals surface area (Å²) in [5.41, 5.74) is 2.15. The molecule has 0 saturated carbocycles. The Hall–Kier alpha value is -1.87. The summed E-state index contributed by atoms with van der Waals surface area (Å²) >= 11 is 0.0420. The van der Waals surface area contributed by atoms with E-state index in [2.05, 4.69) is 12.1 Å². The Morgan fingerprint density at radius 1 is 0.800 bits per heavy atom. The van der Waals surface area contributed by atoms with Crippen molar-refractivity contribution in [2.75, 3.05) is 5.75 Å². The summed E-state index contributed by atoms with van der Waals surface area (Å²) in [6.07, 6.45) is 0. The number of hydrogen-bond donors (Lipinski definition) is 0. The van der Waals surface area contributed by atoms with Gasteiger partial charge in [-0.1, -0.05) is 0 Å². The first kappa shape index (κ1) is 17.9. The molecule has 0 aromatic heterocycles. The molecule has 0 fully saturated rings. The first-order valence-corrected chi connectivity index (χ1v) is 11.6. The van der Waals surface area contributed by atoms with Crippen molar-refractivity contribution < 1.29 is 8.42 Å². The maximum atomic E-state index is 12.9. The molecule has 0 N–H and O–H groups in total. The van der Waals surface area contributed by atoms with Crippen LogP contribution in [0.1, 0.15) is 15.9 Å². The average Bonchev–Trinajstić information content (AvgIpc) is 2.63. The van der Waals surface area contributed by atoms with Crippen molar-refractivity contribution in [1.82, 2.24) is 0 Å². The normalized spacial score (nSPS) is 12.7. The third-order valence-electron chi connectivity index (χ3n) is 3.94. The van der Waals surface area contributed by atoms with Gasteiger partial charge in [0.1, 0.15) is 0 Å². The summed E-state index contributed by atoms with van der Waals surface area (Å²) in [5.74, 6) is 0.134. The van der Waals surface area contributed by atoms with Crippen LogP contribution in [0, 0.1) is 6.92 Å². The molecule has 3 aromatic rings. The number of aryl methyl sites for hydroxylation is 1. The van der Waals surface area contributed by atoms with Crippen LogP contribution in [-0.4, -0.2) is 29.1 Å². The van der Waals surface area contributed by atoms with Crippen molar-refractivity contribution in [3.8, 4) is 0 Å². The molecule has 0 spiro atoms. The van der Waals surface area contributed by atoms with E-state index in [9.17, 15) is 8.42 Å². The zero-order valence-corrected chi connectivity index (χ0v) is 16.5. The van der Waals surface area contributed by atoms with Crippen LogP contribution in [0.5, 0.6) is 0 Å². The van der Waals surface area contributed by atoms with Crippen molar-refractivity contribution in [2.24, 2.45) is 0 Å². The SMILES string of the molecule is Cc1ccc(S(=O)(=O)CC([Se]c2ccccc2)c2ccccc2)cc1. The molecule has 3 aromatic carbocycles. The molecule has 0 heterocycles. The molecule has 0 aliphatic rings. The fraction of sp³-hybridized carbons (Fsp3) is 0.143. The Labute approximate surface area is 156 Å². The molecule has 0 aliphatic carbocycles. The van der Waals surface area contributed by atoms with Crippen LogP contribution in [0.25, 0.3) is 0 Å². The van der Waals surface area contributed by atoms with Crippen molar-refractivity contribution in [3.05, 3.63) is 96.1 Å². The van der Waals surface area contributed by atoms with E-state index in [0.717, 1.165) is 11.1 Å². The van der Waals surface area contributed by atoms with E-state index >= 15 is 0 Å². The monoisotopic (exact) mass is 416 g/mol. The molecule has 0 aliphatic heterocycles. The second-order valence-corrected chi connectivity index (χ2v) is 10.6. The van der Waals surface area contributed by atoms with E-state index in [4.69, 9.17) is 0 Å². The van der Waals surface area contributed by atoms with Gasteiger partial charge in [-0.2, -0.15) is 0 Å². The zero-order valence-electron chi connectivity index (χ0n) is 14.0. The summed E-state index contributed by atoms with van der Waals surface area (Å²) < 4.78 is 27.1. The molecule has 1 atom stereocenters. The van der Waals surface area contributed by atoms with Gasteiger partial charge in [-0.05, 0) is 0 Å². The van der Waals surface area contributed by atoms with Gasteiger partial charge >= 0.3 is 156 Å². The van der Waals surface area contributed by atoms with Gasteiger partial charge in [0.2, 0.25) is 0 Å². The number of benzene rings is 3. The second-order valence-electron chi connectivity index (χ2n) is 5.92. The van der Waals surface area contributed by atoms with E-state index in [0.29, 0.717) is 4.90 Å². The Kier molecular flexibility index (Phi) is 5.74. The molecule has 128 valence electrons. The summed E-state index contributed by atoms with van der Waals surface area (Å²) in [6, 6.07) is 27.3. The second kappa shape index (κ2) is 8.01. The van der Waals surface area contributed by atoms with Crippen LogP contribution in [0.4, 0.5) is 0 Å². The van der Waals surface area contributed by atoms with Gasteiger partial charge in [0.05, 0.1) is 0 Å². The van der Waals surface area contributed by atoms with Crippen molar-refractivity contribution in [3.63, 3.8) is 0 Å². The minimum absolute atomic E-state index is 0.0117. The number of hydrogen-bond acceptors (Lipinski definition) is 2. The van der Waals surface area contributed by atoms with Gasteiger partial charge in [-0.3, -0.25) is 0 Å². The van der Waals surface area contributed by atoms with Crippen LogP contribution in [-0.2, 0) is 9.84 Å². The van der Waals surface area contributed by atoms with Gasteiger partial charge in [-0.15, -0.1) is 0 Å². The summed E-state index contributed by atoms with van der Waals surface area (Å²) in [7, 11) is -3.33. The Morgan fingerprint density at radius 2 is 1.36 bits per heavy atom. The van der Waals surface area contributed by atoms with Gasteiger partial charge < -0.3 is 0 Å². The van der Waals surface area contributed by atoms with Crippen molar-refractivity contribution in [2.45, 2.75) is 16.6 Å². The van der Waals surface area contributed by atoms with E-state index in [1.165, 1.54) is 4.46 Å². The molecule has 2 nitrogen and oxygen atoms in total. The van der Waals surface area contributed by atoms with Gasteiger partial charge in [0.25, 0.3) is 0 Å². The molecule has 0 amide bonds. The van der Waals surface area contributed by atoms with E-state index in [1.807, 2.05) is 67.6 Å². The van der Waals surface area contributed by atoms with E-state index < -0.39 is 9.84 Å². The molecular weight excluding hydrogens is 395 g/mol. The Bertz CT molecular complexity index is 905. The third kappa shape index (κ3) is 4.82. The molecule has 3 rings (SSSR count). The zero-order chi connectivity index (χ0) is 17.7. The first-order valence-electron chi connectivity index (χ1n) is 8.11. The summed E-state index contributed by atoms with van der Waals surface area (Å²) in [5, 5.41) is 0. The van der Waals surface area contributed by atoms with Crippen LogP contribution >= 0.6 is 0 Å². The van der Waals surface area contributed by atoms with Crippen molar-refractivity contribution >= 4 is 29.3 Å². The molecular formula is C21H20O2SSe. The van der Waals surface area contributed by atoms with Crippen LogP contribution in [0.15, 0.2) is 89.8 Å². The fourth-order valence-electron chi connectivity index (χ4n) is 2.57. The predicted molar refractivity (Wildman–Crippen MR) is 104 cm³/mol. The summed E-state index contributed by atoms with van der Waals surface area (Å²) in [4.78, 5) is 0.394. The molecule has 1 unspecified atom stereocenters. The van der Waals surface area contributed by atoms with Gasteiger partial charge in [-0.25, -0.2) is 0 Å². The molecule has 0 saturated heterocycles. The molecule has 4 heteroatoms. The maximum absolute atomic E-state index is 12.9. The van der Waals surface area contributed by atoms with Gasteiger partial charge in [0, 0.05) is 0 Å². The van der Waals surface area contributed by atoms with Crippen LogP contribution in [0.3, 0.4) is 0 Å². The predicted octanol–water partition coefficient (Wildman–Crippen LogP) is 3.54. The fourth-order valence-corrected chi connectivity index (χ4v) is 7.49. The topological polar surface area (TPSA) is 34.1 Å². The molecule has 25 heavy (non-hydrogen) atoms. The standard InChI is InChI=1S/C21H20O2SSe/c1-17-12-14-19(15-13-17)24(22,23)16-21(18-8-4-2-5-9-18)25-20-10-6-3-7-11-20/h2-15,21H,16H2,1H3. The van der Waals surface area contributed by atoms with Crippen LogP contribution < -0.4 is 4.46 Å². The van der Waals surface area contributed by atoms with Crippen LogP contribution in [0.2, 0.25) is 0 Å². The number of sulfone groups is 1. The quantitative estimate of drug-likeness (QED) is 0.578. The average molecular weight is 415 g/mol. The Balaban J connectivity index is 1.90. The van der Waals surface area contributed by atoms with Crippen molar-refractivity contribution in [1.29, 1.82) is 0 Å². The Morgan fingerprint density at radius 3 is 1.96 bits per heavy atom. The molecule has 0 radical (unpaired) electrons. The van der Waals surface area contributed by atoms with E-state index in [-0.39, 0.29) is 25.5 Å². The molecule has 0 bridgehead atoms. The third-order valence-corrected chi connectivity index (χ3v) is 8.84.